The highest BCUT2D eigenvalue weighted by atomic mass is 16.2. The number of rotatable bonds is 3. The molecule has 0 bridgehead atoms. The Morgan fingerprint density at radius 1 is 1.27 bits per heavy atom. The predicted octanol–water partition coefficient (Wildman–Crippen LogP) is 3.10. The molecule has 0 aliphatic heterocycles. The van der Waals surface area contributed by atoms with Crippen LogP contribution in [-0.4, -0.2) is 33.0 Å². The Morgan fingerprint density at radius 2 is 2.09 bits per heavy atom. The van der Waals surface area contributed by atoms with Gasteiger partial charge in [0.05, 0.1) is 17.3 Å². The van der Waals surface area contributed by atoms with Crippen LogP contribution in [-0.2, 0) is 0 Å². The van der Waals surface area contributed by atoms with E-state index >= 15 is 0 Å². The summed E-state index contributed by atoms with van der Waals surface area (Å²) in [6, 6.07) is 11.5. The van der Waals surface area contributed by atoms with Gasteiger partial charge in [0.15, 0.2) is 5.69 Å². The Balaban J connectivity index is 1.93. The zero-order chi connectivity index (χ0) is 15.7. The number of H-pyrrole nitrogens is 1. The first-order valence-electron chi connectivity index (χ1n) is 7.20. The predicted molar refractivity (Wildman–Crippen MR) is 85.6 cm³/mol. The Morgan fingerprint density at radius 3 is 2.82 bits per heavy atom. The Hall–Kier alpha value is -2.69. The van der Waals surface area contributed by atoms with Crippen LogP contribution >= 0.6 is 0 Å². The van der Waals surface area contributed by atoms with Gasteiger partial charge in [-0.05, 0) is 38.1 Å². The molecule has 1 N–H and O–H groups in total. The third kappa shape index (κ3) is 2.45. The van der Waals surface area contributed by atoms with Crippen LogP contribution in [0.1, 0.15) is 34.7 Å². The van der Waals surface area contributed by atoms with Crippen molar-refractivity contribution in [1.29, 1.82) is 0 Å². The summed E-state index contributed by atoms with van der Waals surface area (Å²) in [7, 11) is 1.78. The van der Waals surface area contributed by atoms with Crippen molar-refractivity contribution in [2.45, 2.75) is 19.9 Å². The highest BCUT2D eigenvalue weighted by molar-refractivity contribution is 6.04. The minimum atomic E-state index is -0.120. The summed E-state index contributed by atoms with van der Waals surface area (Å²) in [6.45, 7) is 3.96. The number of pyridine rings is 1. The number of fused-ring (bicyclic) bond motifs is 1. The number of aromatic nitrogens is 3. The number of benzene rings is 1. The van der Waals surface area contributed by atoms with Crippen molar-refractivity contribution < 1.29 is 4.79 Å². The molecule has 0 saturated heterocycles. The summed E-state index contributed by atoms with van der Waals surface area (Å²) < 4.78 is 0. The number of amides is 1. The molecule has 22 heavy (non-hydrogen) atoms. The van der Waals surface area contributed by atoms with Gasteiger partial charge in [0.1, 0.15) is 0 Å². The van der Waals surface area contributed by atoms with Crippen LogP contribution in [0.25, 0.3) is 10.9 Å². The van der Waals surface area contributed by atoms with Crippen molar-refractivity contribution in [3.63, 3.8) is 0 Å². The molecule has 1 atom stereocenters. The summed E-state index contributed by atoms with van der Waals surface area (Å²) >= 11 is 0. The van der Waals surface area contributed by atoms with E-state index in [2.05, 4.69) is 15.2 Å². The van der Waals surface area contributed by atoms with Crippen LogP contribution in [0.2, 0.25) is 0 Å². The molecule has 3 aromatic rings. The van der Waals surface area contributed by atoms with E-state index in [1.165, 1.54) is 0 Å². The lowest BCUT2D eigenvalue weighted by Gasteiger charge is -2.23. The minimum Gasteiger partial charge on any atom is -0.332 e. The standard InChI is InChI=1S/C17H18N4O/c1-11-7-8-15-13(10-11)16(20-19-15)17(22)21(3)12(2)14-6-4-5-9-18-14/h4-10,12H,1-3H3,(H,19,20). The second-order valence-electron chi connectivity index (χ2n) is 5.47. The van der Waals surface area contributed by atoms with E-state index < -0.39 is 0 Å². The number of hydrogen-bond donors (Lipinski definition) is 1. The molecule has 5 nitrogen and oxygen atoms in total. The lowest BCUT2D eigenvalue weighted by Crippen LogP contribution is -2.30. The number of carbonyl (C=O) groups excluding carboxylic acids is 1. The van der Waals surface area contributed by atoms with E-state index in [-0.39, 0.29) is 11.9 Å². The summed E-state index contributed by atoms with van der Waals surface area (Å²) in [5, 5.41) is 7.97. The van der Waals surface area contributed by atoms with Crippen LogP contribution < -0.4 is 0 Å². The van der Waals surface area contributed by atoms with Crippen LogP contribution in [0, 0.1) is 6.92 Å². The second kappa shape index (κ2) is 5.60. The van der Waals surface area contributed by atoms with Crippen LogP contribution in [0.4, 0.5) is 0 Å². The van der Waals surface area contributed by atoms with Crippen molar-refractivity contribution in [3.05, 3.63) is 59.5 Å². The quantitative estimate of drug-likeness (QED) is 0.807. The number of nitrogens with one attached hydrogen (secondary N) is 1. The Kier molecular flexibility index (Phi) is 3.63. The molecule has 3 rings (SSSR count). The molecule has 0 spiro atoms. The first kappa shape index (κ1) is 14.3. The maximum atomic E-state index is 12.8. The van der Waals surface area contributed by atoms with Crippen molar-refractivity contribution >= 4 is 16.8 Å². The van der Waals surface area contributed by atoms with E-state index in [1.54, 1.807) is 18.1 Å². The molecule has 0 aliphatic rings. The lowest BCUT2D eigenvalue weighted by atomic mass is 10.1. The molecule has 0 fully saturated rings. The van der Waals surface area contributed by atoms with Crippen LogP contribution in [0.3, 0.4) is 0 Å². The third-order valence-electron chi connectivity index (χ3n) is 3.94. The molecule has 0 aliphatic carbocycles. The topological polar surface area (TPSA) is 61.9 Å². The lowest BCUT2D eigenvalue weighted by molar-refractivity contribution is 0.0735. The number of nitrogens with zero attached hydrogens (tertiary/aromatic N) is 3. The number of aryl methyl sites for hydroxylation is 1. The van der Waals surface area contributed by atoms with Gasteiger partial charge in [-0.15, -0.1) is 0 Å². The largest absolute Gasteiger partial charge is 0.332 e. The van der Waals surface area contributed by atoms with Gasteiger partial charge in [0.25, 0.3) is 5.91 Å². The van der Waals surface area contributed by atoms with Crippen molar-refractivity contribution in [3.8, 4) is 0 Å². The molecule has 112 valence electrons. The highest BCUT2D eigenvalue weighted by Crippen LogP contribution is 2.22. The average Bonchev–Trinajstić information content (AvgIpc) is 2.96. The highest BCUT2D eigenvalue weighted by Gasteiger charge is 2.23. The van der Waals surface area contributed by atoms with E-state index in [0.29, 0.717) is 5.69 Å². The second-order valence-corrected chi connectivity index (χ2v) is 5.47. The first-order chi connectivity index (χ1) is 10.6. The van der Waals surface area contributed by atoms with E-state index in [4.69, 9.17) is 0 Å². The fourth-order valence-corrected chi connectivity index (χ4v) is 2.46. The molecule has 5 heteroatoms. The molecule has 0 radical (unpaired) electrons. The van der Waals surface area contributed by atoms with Gasteiger partial charge in [0.2, 0.25) is 0 Å². The van der Waals surface area contributed by atoms with Gasteiger partial charge in [-0.3, -0.25) is 14.9 Å². The molecular weight excluding hydrogens is 276 g/mol. The van der Waals surface area contributed by atoms with E-state index in [1.807, 2.05) is 50.2 Å². The monoisotopic (exact) mass is 294 g/mol. The summed E-state index contributed by atoms with van der Waals surface area (Å²) in [6.07, 6.45) is 1.73. The minimum absolute atomic E-state index is 0.116. The first-order valence-corrected chi connectivity index (χ1v) is 7.20. The molecule has 1 unspecified atom stereocenters. The third-order valence-corrected chi connectivity index (χ3v) is 3.94. The normalized spacial score (nSPS) is 12.3. The van der Waals surface area contributed by atoms with Gasteiger partial charge >= 0.3 is 0 Å². The number of hydrogen-bond acceptors (Lipinski definition) is 3. The molecule has 2 aromatic heterocycles. The molecule has 0 saturated carbocycles. The van der Waals surface area contributed by atoms with Crippen LogP contribution in [0.15, 0.2) is 42.6 Å². The smallest absolute Gasteiger partial charge is 0.275 e. The average molecular weight is 294 g/mol. The molecule has 1 amide bonds. The van der Waals surface area contributed by atoms with Gasteiger partial charge in [-0.2, -0.15) is 5.10 Å². The van der Waals surface area contributed by atoms with Gasteiger partial charge < -0.3 is 4.90 Å². The SMILES string of the molecule is Cc1ccc2[nH]nc(C(=O)N(C)C(C)c3ccccn3)c2c1. The maximum Gasteiger partial charge on any atom is 0.275 e. The van der Waals surface area contributed by atoms with E-state index in [0.717, 1.165) is 22.2 Å². The fraction of sp³-hybridized carbons (Fsp3) is 0.235. The summed E-state index contributed by atoms with van der Waals surface area (Å²) in [5.74, 6) is -0.116. The Labute approximate surface area is 129 Å². The molecule has 2 heterocycles. The zero-order valence-electron chi connectivity index (χ0n) is 12.9. The fourth-order valence-electron chi connectivity index (χ4n) is 2.46. The Bertz CT molecular complexity index is 810. The maximum absolute atomic E-state index is 12.8. The van der Waals surface area contributed by atoms with Crippen molar-refractivity contribution in [2.75, 3.05) is 7.05 Å². The number of aromatic amines is 1. The van der Waals surface area contributed by atoms with Crippen molar-refractivity contribution in [2.24, 2.45) is 0 Å². The van der Waals surface area contributed by atoms with Gasteiger partial charge in [-0.1, -0.05) is 17.7 Å². The number of carbonyl (C=O) groups is 1. The zero-order valence-corrected chi connectivity index (χ0v) is 12.9. The molecular formula is C17H18N4O. The van der Waals surface area contributed by atoms with Gasteiger partial charge in [0, 0.05) is 18.6 Å². The summed E-state index contributed by atoms with van der Waals surface area (Å²) in [4.78, 5) is 18.7. The van der Waals surface area contributed by atoms with E-state index in [9.17, 15) is 4.79 Å². The summed E-state index contributed by atoms with van der Waals surface area (Å²) in [5.41, 5.74) is 3.27. The molecule has 1 aromatic carbocycles. The van der Waals surface area contributed by atoms with Gasteiger partial charge in [-0.25, -0.2) is 0 Å². The van der Waals surface area contributed by atoms with Crippen molar-refractivity contribution in [1.82, 2.24) is 20.1 Å². The van der Waals surface area contributed by atoms with Crippen LogP contribution in [0.5, 0.6) is 0 Å².